The van der Waals surface area contributed by atoms with E-state index in [1.54, 1.807) is 37.0 Å². The van der Waals surface area contributed by atoms with Crippen LogP contribution in [0.3, 0.4) is 0 Å². The molecule has 0 aliphatic carbocycles. The Morgan fingerprint density at radius 1 is 1.28 bits per heavy atom. The fourth-order valence-electron chi connectivity index (χ4n) is 3.57. The smallest absolute Gasteiger partial charge is 0.260 e. The molecule has 10 heteroatoms. The van der Waals surface area contributed by atoms with Gasteiger partial charge in [0.05, 0.1) is 35.4 Å². The maximum atomic E-state index is 12.8. The summed E-state index contributed by atoms with van der Waals surface area (Å²) in [5, 5.41) is 8.60. The van der Waals surface area contributed by atoms with E-state index in [-0.39, 0.29) is 12.7 Å². The van der Waals surface area contributed by atoms with Crippen LogP contribution in [0.25, 0.3) is 22.2 Å². The van der Waals surface area contributed by atoms with Crippen molar-refractivity contribution in [2.24, 2.45) is 0 Å². The second kappa shape index (κ2) is 8.18. The molecule has 0 fully saturated rings. The van der Waals surface area contributed by atoms with E-state index in [1.807, 2.05) is 12.1 Å². The fourth-order valence-corrected chi connectivity index (χ4v) is 3.83. The molecule has 164 valence electrons. The number of rotatable bonds is 6. The molecule has 0 radical (unpaired) electrons. The molecule has 1 aliphatic rings. The summed E-state index contributed by atoms with van der Waals surface area (Å²) in [6, 6.07) is 7.04. The molecule has 1 aromatic carbocycles. The third-order valence-electron chi connectivity index (χ3n) is 5.20. The molecule has 1 aliphatic heterocycles. The molecule has 0 atom stereocenters. The van der Waals surface area contributed by atoms with E-state index < -0.39 is 0 Å². The van der Waals surface area contributed by atoms with Gasteiger partial charge in [0.25, 0.3) is 5.91 Å². The monoisotopic (exact) mass is 454 g/mol. The van der Waals surface area contributed by atoms with Gasteiger partial charge in [-0.15, -0.1) is 0 Å². The second-order valence-electron chi connectivity index (χ2n) is 7.19. The molecule has 32 heavy (non-hydrogen) atoms. The Balaban J connectivity index is 1.58. The van der Waals surface area contributed by atoms with Crippen LogP contribution < -0.4 is 14.8 Å². The number of halogens is 1. The number of pyridine rings is 1. The van der Waals surface area contributed by atoms with Gasteiger partial charge in [-0.2, -0.15) is 5.10 Å². The zero-order valence-electron chi connectivity index (χ0n) is 17.3. The molecular formula is C22H19ClN4O5. The van der Waals surface area contributed by atoms with Gasteiger partial charge < -0.3 is 23.9 Å². The van der Waals surface area contributed by atoms with Gasteiger partial charge in [0.15, 0.2) is 23.0 Å². The van der Waals surface area contributed by atoms with E-state index in [4.69, 9.17) is 30.2 Å². The summed E-state index contributed by atoms with van der Waals surface area (Å²) in [6.07, 6.45) is 3.18. The average Bonchev–Trinajstić information content (AvgIpc) is 3.50. The third-order valence-corrected chi connectivity index (χ3v) is 5.52. The molecule has 4 heterocycles. The Morgan fingerprint density at radius 2 is 2.09 bits per heavy atom. The van der Waals surface area contributed by atoms with E-state index >= 15 is 0 Å². The number of aryl methyl sites for hydroxylation is 1. The molecule has 9 nitrogen and oxygen atoms in total. The summed E-state index contributed by atoms with van der Waals surface area (Å²) in [5.74, 6) is 1.80. The normalized spacial score (nSPS) is 12.5. The maximum Gasteiger partial charge on any atom is 0.260 e. The van der Waals surface area contributed by atoms with Crippen molar-refractivity contribution >= 4 is 34.4 Å². The van der Waals surface area contributed by atoms with Crippen LogP contribution in [0.5, 0.6) is 11.5 Å². The van der Waals surface area contributed by atoms with Gasteiger partial charge in [-0.05, 0) is 25.1 Å². The van der Waals surface area contributed by atoms with Crippen LogP contribution in [0.15, 0.2) is 41.1 Å². The highest BCUT2D eigenvalue weighted by molar-refractivity contribution is 6.33. The number of anilines is 1. The molecule has 5 rings (SSSR count). The van der Waals surface area contributed by atoms with Crippen molar-refractivity contribution in [2.75, 3.05) is 25.8 Å². The summed E-state index contributed by atoms with van der Waals surface area (Å²) >= 11 is 6.50. The van der Waals surface area contributed by atoms with Crippen molar-refractivity contribution < 1.29 is 23.4 Å². The maximum absolute atomic E-state index is 12.8. The number of aromatic nitrogens is 3. The number of nitrogens with one attached hydrogen (secondary N) is 1. The minimum Gasteiger partial charge on any atom is -0.469 e. The Labute approximate surface area is 187 Å². The van der Waals surface area contributed by atoms with Gasteiger partial charge in [0.2, 0.25) is 6.79 Å². The van der Waals surface area contributed by atoms with Gasteiger partial charge in [-0.1, -0.05) is 11.6 Å². The first-order valence-corrected chi connectivity index (χ1v) is 10.2. The molecule has 0 unspecified atom stereocenters. The highest BCUT2D eigenvalue weighted by Gasteiger charge is 2.21. The number of hydrogen-bond acceptors (Lipinski definition) is 7. The Bertz CT molecular complexity index is 1330. The fraction of sp³-hybridized carbons (Fsp3) is 0.227. The van der Waals surface area contributed by atoms with E-state index in [0.717, 1.165) is 11.1 Å². The highest BCUT2D eigenvalue weighted by atomic mass is 35.5. The largest absolute Gasteiger partial charge is 0.469 e. The first-order valence-electron chi connectivity index (χ1n) is 9.85. The van der Waals surface area contributed by atoms with Gasteiger partial charge in [-0.3, -0.25) is 4.79 Å². The lowest BCUT2D eigenvalue weighted by molar-refractivity contribution is 0.102. The van der Waals surface area contributed by atoms with Crippen molar-refractivity contribution in [1.29, 1.82) is 0 Å². The molecule has 0 bridgehead atoms. The number of carbonyl (C=O) groups is 1. The Morgan fingerprint density at radius 3 is 2.84 bits per heavy atom. The average molecular weight is 455 g/mol. The van der Waals surface area contributed by atoms with Gasteiger partial charge >= 0.3 is 0 Å². The SMILES string of the molecule is COCCn1nc(NC(=O)c2ccoc2C)c2cc(-c3cc4c(cc3Cl)OCO4)cnc21. The lowest BCUT2D eigenvalue weighted by Crippen LogP contribution is -2.13. The molecule has 1 N–H and O–H groups in total. The second-order valence-corrected chi connectivity index (χ2v) is 7.60. The standard InChI is InChI=1S/C22H19ClN4O5/c1-12-14(3-5-30-12)22(28)25-20-16-7-13(10-24-21(16)27(26-20)4-6-29-2)15-8-18-19(9-17(15)23)32-11-31-18/h3,5,7-10H,4,6,11H2,1-2H3,(H,25,26,28). The number of benzene rings is 1. The molecule has 1 amide bonds. The zero-order valence-corrected chi connectivity index (χ0v) is 18.1. The van der Waals surface area contributed by atoms with Crippen molar-refractivity contribution in [3.8, 4) is 22.6 Å². The number of carbonyl (C=O) groups excluding carboxylic acids is 1. The molecule has 4 aromatic rings. The van der Waals surface area contributed by atoms with Crippen LogP contribution in [0, 0.1) is 6.92 Å². The first-order chi connectivity index (χ1) is 15.5. The predicted octanol–water partition coefficient (Wildman–Crippen LogP) is 4.28. The molecule has 3 aromatic heterocycles. The molecule has 0 saturated heterocycles. The third kappa shape index (κ3) is 3.55. The minimum atomic E-state index is -0.318. The van der Waals surface area contributed by atoms with E-state index in [2.05, 4.69) is 15.4 Å². The van der Waals surface area contributed by atoms with E-state index in [0.29, 0.717) is 57.8 Å². The highest BCUT2D eigenvalue weighted by Crippen LogP contribution is 2.41. The van der Waals surface area contributed by atoms with E-state index in [1.165, 1.54) is 6.26 Å². The minimum absolute atomic E-state index is 0.155. The van der Waals surface area contributed by atoms with E-state index in [9.17, 15) is 4.79 Å². The number of methoxy groups -OCH3 is 1. The van der Waals surface area contributed by atoms with Crippen molar-refractivity contribution in [3.63, 3.8) is 0 Å². The quantitative estimate of drug-likeness (QED) is 0.464. The van der Waals surface area contributed by atoms with Gasteiger partial charge in [-0.25, -0.2) is 9.67 Å². The molecule has 0 spiro atoms. The van der Waals surface area contributed by atoms with Gasteiger partial charge in [0, 0.05) is 30.5 Å². The number of ether oxygens (including phenoxy) is 3. The van der Waals surface area contributed by atoms with Crippen LogP contribution in [0.4, 0.5) is 5.82 Å². The van der Waals surface area contributed by atoms with Crippen molar-refractivity contribution in [1.82, 2.24) is 14.8 Å². The number of hydrogen-bond donors (Lipinski definition) is 1. The number of fused-ring (bicyclic) bond motifs is 2. The summed E-state index contributed by atoms with van der Waals surface area (Å²) in [7, 11) is 1.61. The summed E-state index contributed by atoms with van der Waals surface area (Å²) in [6.45, 7) is 2.81. The molecule has 0 saturated carbocycles. The Hall–Kier alpha value is -3.56. The lowest BCUT2D eigenvalue weighted by atomic mass is 10.1. The molecular weight excluding hydrogens is 436 g/mol. The van der Waals surface area contributed by atoms with Crippen LogP contribution in [0.1, 0.15) is 16.1 Å². The first kappa shape index (κ1) is 20.3. The Kier molecular flexibility index (Phi) is 5.20. The van der Waals surface area contributed by atoms with Crippen molar-refractivity contribution in [2.45, 2.75) is 13.5 Å². The lowest BCUT2D eigenvalue weighted by Gasteiger charge is -2.07. The predicted molar refractivity (Wildman–Crippen MR) is 117 cm³/mol. The van der Waals surface area contributed by atoms with Crippen LogP contribution >= 0.6 is 11.6 Å². The summed E-state index contributed by atoms with van der Waals surface area (Å²) in [5.41, 5.74) is 2.54. The van der Waals surface area contributed by atoms with Crippen LogP contribution in [0.2, 0.25) is 5.02 Å². The summed E-state index contributed by atoms with van der Waals surface area (Å²) in [4.78, 5) is 17.4. The van der Waals surface area contributed by atoms with Crippen molar-refractivity contribution in [3.05, 3.63) is 53.1 Å². The zero-order chi connectivity index (χ0) is 22.2. The van der Waals surface area contributed by atoms with Gasteiger partial charge in [0.1, 0.15) is 5.76 Å². The number of nitrogens with zero attached hydrogens (tertiary/aromatic N) is 3. The summed E-state index contributed by atoms with van der Waals surface area (Å²) < 4.78 is 23.0. The number of amides is 1. The van der Waals surface area contributed by atoms with Crippen LogP contribution in [-0.2, 0) is 11.3 Å². The topological polar surface area (TPSA) is 101 Å². The van der Waals surface area contributed by atoms with Crippen LogP contribution in [-0.4, -0.2) is 41.2 Å². The number of furan rings is 1.